The van der Waals surface area contributed by atoms with Crippen LogP contribution in [0.25, 0.3) is 28.5 Å². The van der Waals surface area contributed by atoms with Crippen LogP contribution in [0.4, 0.5) is 5.82 Å². The first kappa shape index (κ1) is 33.3. The largest absolute Gasteiger partial charge is 0.490 e. The summed E-state index contributed by atoms with van der Waals surface area (Å²) in [5.74, 6) is 1.58. The summed E-state index contributed by atoms with van der Waals surface area (Å²) < 4.78 is 15.5. The van der Waals surface area contributed by atoms with Gasteiger partial charge in [0.15, 0.2) is 17.3 Å². The third-order valence-corrected chi connectivity index (χ3v) is 6.36. The number of hydrogen-bond donors (Lipinski definition) is 1. The van der Waals surface area contributed by atoms with Crippen molar-refractivity contribution in [1.29, 1.82) is 0 Å². The molecule has 0 aliphatic rings. The van der Waals surface area contributed by atoms with Crippen molar-refractivity contribution >= 4 is 29.9 Å². The maximum atomic E-state index is 11.8. The van der Waals surface area contributed by atoms with Crippen molar-refractivity contribution in [3.05, 3.63) is 102 Å². The average molecular weight is 595 g/mol. The van der Waals surface area contributed by atoms with Crippen LogP contribution in [-0.2, 0) is 14.3 Å². The number of carbonyl (C=O) groups is 3. The summed E-state index contributed by atoms with van der Waals surface area (Å²) in [6, 6.07) is 27.3. The average Bonchev–Trinajstić information content (AvgIpc) is 3.07. The molecule has 0 aliphatic carbocycles. The normalized spacial score (nSPS) is 10.4. The number of rotatable bonds is 13. The molecular formula is C36H38N2O6. The Morgan fingerprint density at radius 1 is 0.818 bits per heavy atom. The van der Waals surface area contributed by atoms with E-state index in [2.05, 4.69) is 21.1 Å². The molecule has 4 aromatic rings. The molecule has 0 amide bonds. The Kier molecular flexibility index (Phi) is 13.3. The SMILES string of the molecule is CCOc1ccc(C(=O)CCC=O)cc1OCC.CNc1cc(-c2ccc(/C=C/C(=O)OC)cc2)cc(-c2ccccc2)n1. The predicted molar refractivity (Wildman–Crippen MR) is 174 cm³/mol. The highest BCUT2D eigenvalue weighted by Gasteiger charge is 2.11. The first-order valence-electron chi connectivity index (χ1n) is 14.4. The van der Waals surface area contributed by atoms with Crippen molar-refractivity contribution in [3.8, 4) is 33.9 Å². The molecule has 8 heteroatoms. The molecule has 8 nitrogen and oxygen atoms in total. The summed E-state index contributed by atoms with van der Waals surface area (Å²) in [5.41, 5.74) is 5.63. The zero-order valence-electron chi connectivity index (χ0n) is 25.5. The van der Waals surface area contributed by atoms with Crippen LogP contribution >= 0.6 is 0 Å². The Morgan fingerprint density at radius 3 is 2.16 bits per heavy atom. The molecule has 0 bridgehead atoms. The second-order valence-electron chi connectivity index (χ2n) is 9.38. The highest BCUT2D eigenvalue weighted by Crippen LogP contribution is 2.30. The maximum Gasteiger partial charge on any atom is 0.330 e. The molecule has 0 fully saturated rings. The second kappa shape index (κ2) is 17.7. The number of esters is 1. The van der Waals surface area contributed by atoms with Gasteiger partial charge in [-0.1, -0.05) is 54.6 Å². The van der Waals surface area contributed by atoms with E-state index in [9.17, 15) is 14.4 Å². The number of aromatic nitrogens is 1. The summed E-state index contributed by atoms with van der Waals surface area (Å²) in [6.07, 6.45) is 4.36. The zero-order chi connectivity index (χ0) is 31.7. The summed E-state index contributed by atoms with van der Waals surface area (Å²) in [5, 5.41) is 3.12. The van der Waals surface area contributed by atoms with E-state index in [0.29, 0.717) is 30.3 Å². The summed E-state index contributed by atoms with van der Waals surface area (Å²) in [4.78, 5) is 37.9. The van der Waals surface area contributed by atoms with E-state index in [4.69, 9.17) is 9.47 Å². The van der Waals surface area contributed by atoms with Crippen LogP contribution < -0.4 is 14.8 Å². The number of anilines is 1. The maximum absolute atomic E-state index is 11.8. The van der Waals surface area contributed by atoms with Gasteiger partial charge in [-0.25, -0.2) is 9.78 Å². The lowest BCUT2D eigenvalue weighted by atomic mass is 10.0. The van der Waals surface area contributed by atoms with Crippen LogP contribution in [0, 0.1) is 0 Å². The van der Waals surface area contributed by atoms with E-state index in [1.54, 1.807) is 24.3 Å². The number of carbonyl (C=O) groups excluding carboxylic acids is 3. The van der Waals surface area contributed by atoms with Crippen molar-refractivity contribution in [3.63, 3.8) is 0 Å². The Morgan fingerprint density at radius 2 is 1.52 bits per heavy atom. The Bertz CT molecular complexity index is 1550. The summed E-state index contributed by atoms with van der Waals surface area (Å²) in [6.45, 7) is 4.81. The highest BCUT2D eigenvalue weighted by molar-refractivity contribution is 5.97. The number of pyridine rings is 1. The lowest BCUT2D eigenvalue weighted by Crippen LogP contribution is -2.03. The number of aldehydes is 1. The minimum atomic E-state index is -0.366. The van der Waals surface area contributed by atoms with Crippen molar-refractivity contribution in [1.82, 2.24) is 4.98 Å². The molecule has 3 aromatic carbocycles. The second-order valence-corrected chi connectivity index (χ2v) is 9.38. The topological polar surface area (TPSA) is 104 Å². The zero-order valence-corrected chi connectivity index (χ0v) is 25.5. The van der Waals surface area contributed by atoms with Gasteiger partial charge < -0.3 is 24.3 Å². The molecule has 44 heavy (non-hydrogen) atoms. The highest BCUT2D eigenvalue weighted by atomic mass is 16.5. The van der Waals surface area contributed by atoms with Gasteiger partial charge in [0.05, 0.1) is 26.0 Å². The molecule has 0 unspecified atom stereocenters. The van der Waals surface area contributed by atoms with Crippen LogP contribution in [0.1, 0.15) is 42.6 Å². The molecular weight excluding hydrogens is 556 g/mol. The van der Waals surface area contributed by atoms with Gasteiger partial charge in [0, 0.05) is 37.1 Å². The van der Waals surface area contributed by atoms with Gasteiger partial charge in [-0.2, -0.15) is 0 Å². The number of ether oxygens (including phenoxy) is 3. The van der Waals surface area contributed by atoms with E-state index in [-0.39, 0.29) is 24.6 Å². The molecule has 1 N–H and O–H groups in total. The molecule has 0 atom stereocenters. The Hall–Kier alpha value is -5.24. The first-order chi connectivity index (χ1) is 21.4. The molecule has 0 saturated heterocycles. The molecule has 0 spiro atoms. The van der Waals surface area contributed by atoms with Gasteiger partial charge in [-0.3, -0.25) is 4.79 Å². The summed E-state index contributed by atoms with van der Waals surface area (Å²) >= 11 is 0. The van der Waals surface area contributed by atoms with Gasteiger partial charge in [-0.15, -0.1) is 0 Å². The Balaban J connectivity index is 0.000000259. The van der Waals surface area contributed by atoms with Crippen LogP contribution in [0.5, 0.6) is 11.5 Å². The fourth-order valence-corrected chi connectivity index (χ4v) is 4.16. The van der Waals surface area contributed by atoms with Crippen LogP contribution in [-0.4, -0.2) is 50.4 Å². The van der Waals surface area contributed by atoms with Crippen molar-refractivity contribution in [2.75, 3.05) is 32.7 Å². The van der Waals surface area contributed by atoms with E-state index < -0.39 is 0 Å². The lowest BCUT2D eigenvalue weighted by Gasteiger charge is -2.11. The molecule has 4 rings (SSSR count). The lowest BCUT2D eigenvalue weighted by molar-refractivity contribution is -0.134. The minimum absolute atomic E-state index is 0.0638. The third-order valence-electron chi connectivity index (χ3n) is 6.36. The smallest absolute Gasteiger partial charge is 0.330 e. The van der Waals surface area contributed by atoms with Gasteiger partial charge in [0.25, 0.3) is 0 Å². The first-order valence-corrected chi connectivity index (χ1v) is 14.4. The van der Waals surface area contributed by atoms with Crippen molar-refractivity contribution in [2.24, 2.45) is 0 Å². The van der Waals surface area contributed by atoms with Gasteiger partial charge >= 0.3 is 5.97 Å². The van der Waals surface area contributed by atoms with Crippen molar-refractivity contribution < 1.29 is 28.6 Å². The number of ketones is 1. The van der Waals surface area contributed by atoms with Gasteiger partial charge in [0.1, 0.15) is 12.1 Å². The molecule has 228 valence electrons. The number of hydrogen-bond acceptors (Lipinski definition) is 8. The molecule has 0 aliphatic heterocycles. The van der Waals surface area contributed by atoms with Gasteiger partial charge in [-0.05, 0) is 66.9 Å². The molecule has 0 saturated carbocycles. The standard InChI is InChI=1S/C22H20N2O2.C14H18O4/c1-23-21-15-19(14-20(24-21)18-6-4-3-5-7-18)17-11-8-16(9-12-17)10-13-22(25)26-2;1-3-17-13-8-7-11(10-14(13)18-4-2)12(16)6-5-9-15/h3-15H,1-2H3,(H,23,24);7-10H,3-6H2,1-2H3/b13-10+;. The van der Waals surface area contributed by atoms with Crippen LogP contribution in [0.2, 0.25) is 0 Å². The molecule has 1 heterocycles. The van der Waals surface area contributed by atoms with Crippen LogP contribution in [0.15, 0.2) is 91.0 Å². The third kappa shape index (κ3) is 9.94. The van der Waals surface area contributed by atoms with E-state index in [1.807, 2.05) is 81.6 Å². The Labute approximate surface area is 258 Å². The van der Waals surface area contributed by atoms with E-state index in [1.165, 1.54) is 13.2 Å². The number of Topliss-reactive ketones (excluding diaryl/α,β-unsaturated/α-hetero) is 1. The van der Waals surface area contributed by atoms with E-state index >= 15 is 0 Å². The quantitative estimate of drug-likeness (QED) is 0.0745. The van der Waals surface area contributed by atoms with Crippen molar-refractivity contribution in [2.45, 2.75) is 26.7 Å². The summed E-state index contributed by atoms with van der Waals surface area (Å²) in [7, 11) is 3.23. The predicted octanol–water partition coefficient (Wildman–Crippen LogP) is 7.29. The molecule has 1 aromatic heterocycles. The number of nitrogens with zero attached hydrogens (tertiary/aromatic N) is 1. The number of methoxy groups -OCH3 is 1. The number of nitrogens with one attached hydrogen (secondary N) is 1. The molecule has 0 radical (unpaired) electrons. The fourth-order valence-electron chi connectivity index (χ4n) is 4.16. The van der Waals surface area contributed by atoms with Gasteiger partial charge in [0.2, 0.25) is 0 Å². The fraction of sp³-hybridized carbons (Fsp3) is 0.222. The van der Waals surface area contributed by atoms with Crippen LogP contribution in [0.3, 0.4) is 0 Å². The van der Waals surface area contributed by atoms with E-state index in [0.717, 1.165) is 40.1 Å². The minimum Gasteiger partial charge on any atom is -0.490 e. The number of benzene rings is 3. The monoisotopic (exact) mass is 594 g/mol.